The molecule has 0 bridgehead atoms. The number of benzene rings is 2. The van der Waals surface area contributed by atoms with E-state index < -0.39 is 45.7 Å². The van der Waals surface area contributed by atoms with Crippen molar-refractivity contribution in [2.45, 2.75) is 50.4 Å². The first-order valence-electron chi connectivity index (χ1n) is 11.4. The number of amides is 1. The maximum Gasteiger partial charge on any atom is 0.252 e. The van der Waals surface area contributed by atoms with Gasteiger partial charge in [0.2, 0.25) is 10.0 Å². The molecule has 0 unspecified atom stereocenters. The minimum Gasteiger partial charge on any atom is -0.368 e. The van der Waals surface area contributed by atoms with Gasteiger partial charge in [0.05, 0.1) is 18.4 Å². The molecule has 5 atom stereocenters. The van der Waals surface area contributed by atoms with Crippen molar-refractivity contribution in [1.82, 2.24) is 9.62 Å². The van der Waals surface area contributed by atoms with Gasteiger partial charge in [-0.15, -0.1) is 0 Å². The minimum absolute atomic E-state index is 0.0324. The molecule has 3 aliphatic rings. The molecule has 2 aromatic rings. The zero-order valence-corrected chi connectivity index (χ0v) is 19.3. The summed E-state index contributed by atoms with van der Waals surface area (Å²) in [6.45, 7) is 2.03. The van der Waals surface area contributed by atoms with E-state index in [-0.39, 0.29) is 46.7 Å². The van der Waals surface area contributed by atoms with E-state index in [0.29, 0.717) is 25.5 Å². The summed E-state index contributed by atoms with van der Waals surface area (Å²) in [5.74, 6) is -2.64. The smallest absolute Gasteiger partial charge is 0.252 e. The fourth-order valence-corrected chi connectivity index (χ4v) is 6.02. The van der Waals surface area contributed by atoms with E-state index in [2.05, 4.69) is 4.72 Å². The number of likely N-dealkylation sites (tertiary alicyclic amines) is 1. The molecule has 2 heterocycles. The second kappa shape index (κ2) is 8.66. The molecule has 10 heteroatoms. The zero-order valence-electron chi connectivity index (χ0n) is 18.5. The highest BCUT2D eigenvalue weighted by Crippen LogP contribution is 2.50. The molecule has 0 radical (unpaired) electrons. The van der Waals surface area contributed by atoms with E-state index in [9.17, 15) is 22.0 Å². The van der Waals surface area contributed by atoms with Crippen molar-refractivity contribution in [2.75, 3.05) is 12.4 Å². The number of hydrogen-bond donors (Lipinski definition) is 1. The number of hydrogen-bond acceptors (Lipinski definition) is 4. The van der Waals surface area contributed by atoms with Crippen molar-refractivity contribution in [3.05, 3.63) is 59.4 Å². The summed E-state index contributed by atoms with van der Waals surface area (Å²) in [6, 6.07) is 6.12. The SMILES string of the molecule is CCS(=O)(=O)N[C@H]1[C@@H]2C[C@@H]2N(C(=O)[C@H]2CCO2)[C@H]1Cc1cccc(-c2cc(F)cc(F)c2)c1F. The van der Waals surface area contributed by atoms with Gasteiger partial charge in [-0.3, -0.25) is 4.79 Å². The first-order chi connectivity index (χ1) is 16.2. The van der Waals surface area contributed by atoms with Crippen molar-refractivity contribution in [3.8, 4) is 11.1 Å². The van der Waals surface area contributed by atoms with Crippen LogP contribution in [0.3, 0.4) is 0 Å². The van der Waals surface area contributed by atoms with Crippen LogP contribution >= 0.6 is 0 Å². The average molecular weight is 495 g/mol. The number of rotatable bonds is 7. The van der Waals surface area contributed by atoms with E-state index in [0.717, 1.165) is 12.1 Å². The normalized spacial score (nSPS) is 27.9. The molecule has 182 valence electrons. The highest BCUT2D eigenvalue weighted by molar-refractivity contribution is 7.89. The van der Waals surface area contributed by atoms with Gasteiger partial charge in [0.1, 0.15) is 23.6 Å². The van der Waals surface area contributed by atoms with Crippen LogP contribution in [0, 0.1) is 23.4 Å². The van der Waals surface area contributed by atoms with Gasteiger partial charge in [-0.1, -0.05) is 18.2 Å². The first-order valence-corrected chi connectivity index (χ1v) is 13.0. The van der Waals surface area contributed by atoms with Crippen LogP contribution in [0.2, 0.25) is 0 Å². The van der Waals surface area contributed by atoms with Gasteiger partial charge >= 0.3 is 0 Å². The predicted molar refractivity (Wildman–Crippen MR) is 119 cm³/mol. The summed E-state index contributed by atoms with van der Waals surface area (Å²) < 4.78 is 75.9. The Kier molecular flexibility index (Phi) is 5.94. The minimum atomic E-state index is -3.56. The van der Waals surface area contributed by atoms with Crippen molar-refractivity contribution < 1.29 is 31.1 Å². The molecular formula is C24H25F3N2O4S. The van der Waals surface area contributed by atoms with Crippen LogP contribution in [0.1, 0.15) is 25.3 Å². The monoisotopic (exact) mass is 494 g/mol. The van der Waals surface area contributed by atoms with Gasteiger partial charge in [-0.25, -0.2) is 26.3 Å². The molecule has 1 N–H and O–H groups in total. The van der Waals surface area contributed by atoms with Gasteiger partial charge in [0, 0.05) is 30.1 Å². The molecule has 5 rings (SSSR count). The molecular weight excluding hydrogens is 469 g/mol. The molecule has 1 aliphatic carbocycles. The molecule has 6 nitrogen and oxygen atoms in total. The lowest BCUT2D eigenvalue weighted by Gasteiger charge is -2.37. The highest BCUT2D eigenvalue weighted by atomic mass is 32.2. The molecule has 2 aromatic carbocycles. The predicted octanol–water partition coefficient (Wildman–Crippen LogP) is 3.01. The van der Waals surface area contributed by atoms with Crippen LogP contribution in [-0.4, -0.2) is 55.8 Å². The third kappa shape index (κ3) is 4.23. The summed E-state index contributed by atoms with van der Waals surface area (Å²) in [7, 11) is -3.56. The number of carbonyl (C=O) groups is 1. The summed E-state index contributed by atoms with van der Waals surface area (Å²) in [4.78, 5) is 14.8. The fourth-order valence-electron chi connectivity index (χ4n) is 5.11. The second-order valence-electron chi connectivity index (χ2n) is 9.12. The number of nitrogens with zero attached hydrogens (tertiary/aromatic N) is 1. The Morgan fingerprint density at radius 3 is 2.50 bits per heavy atom. The van der Waals surface area contributed by atoms with E-state index >= 15 is 4.39 Å². The van der Waals surface area contributed by atoms with Crippen LogP contribution in [0.5, 0.6) is 0 Å². The average Bonchev–Trinajstić information content (AvgIpc) is 3.45. The summed E-state index contributed by atoms with van der Waals surface area (Å²) >= 11 is 0. The quantitative estimate of drug-likeness (QED) is 0.642. The van der Waals surface area contributed by atoms with E-state index in [1.807, 2.05) is 0 Å². The molecule has 1 amide bonds. The molecule has 3 fully saturated rings. The Morgan fingerprint density at radius 2 is 1.88 bits per heavy atom. The molecule has 0 aromatic heterocycles. The molecule has 34 heavy (non-hydrogen) atoms. The lowest BCUT2D eigenvalue weighted by molar-refractivity contribution is -0.158. The maximum absolute atomic E-state index is 15.6. The number of piperidine rings is 1. The van der Waals surface area contributed by atoms with E-state index in [1.165, 1.54) is 13.0 Å². The number of nitrogens with one attached hydrogen (secondary N) is 1. The van der Waals surface area contributed by atoms with Crippen molar-refractivity contribution in [1.29, 1.82) is 0 Å². The summed E-state index contributed by atoms with van der Waals surface area (Å²) in [6.07, 6.45) is 0.771. The van der Waals surface area contributed by atoms with Gasteiger partial charge in [0.25, 0.3) is 5.91 Å². The van der Waals surface area contributed by atoms with Gasteiger partial charge in [-0.05, 0) is 48.9 Å². The number of ether oxygens (including phenoxy) is 1. The second-order valence-corrected chi connectivity index (χ2v) is 11.2. The standard InChI is InChI=1S/C24H25F3N2O4S/c1-2-34(31,32)28-23-18-12-19(18)29(24(30)21-6-7-33-21)20(23)10-13-4-3-5-17(22(13)27)14-8-15(25)11-16(26)9-14/h3-5,8-9,11,18-21,23,28H,2,6-7,10,12H2,1H3/t18-,19+,20+,21-,23+/m1/s1. The van der Waals surface area contributed by atoms with Crippen molar-refractivity contribution in [2.24, 2.45) is 5.92 Å². The van der Waals surface area contributed by atoms with E-state index in [1.54, 1.807) is 17.0 Å². The van der Waals surface area contributed by atoms with Crippen LogP contribution in [0.4, 0.5) is 13.2 Å². The lowest BCUT2D eigenvalue weighted by atomic mass is 9.94. The molecule has 2 saturated heterocycles. The number of fused-ring (bicyclic) bond motifs is 1. The third-order valence-electron chi connectivity index (χ3n) is 7.00. The largest absolute Gasteiger partial charge is 0.368 e. The van der Waals surface area contributed by atoms with E-state index in [4.69, 9.17) is 4.74 Å². The zero-order chi connectivity index (χ0) is 24.2. The number of sulfonamides is 1. The Bertz CT molecular complexity index is 1210. The fraction of sp³-hybridized carbons (Fsp3) is 0.458. The van der Waals surface area contributed by atoms with Crippen LogP contribution in [0.25, 0.3) is 11.1 Å². The topological polar surface area (TPSA) is 75.7 Å². The Balaban J connectivity index is 1.49. The van der Waals surface area contributed by atoms with Crippen LogP contribution in [0.15, 0.2) is 36.4 Å². The lowest BCUT2D eigenvalue weighted by Crippen LogP contribution is -2.55. The Labute approximate surface area is 196 Å². The number of carbonyl (C=O) groups excluding carboxylic acids is 1. The van der Waals surface area contributed by atoms with Gasteiger partial charge in [-0.2, -0.15) is 0 Å². The van der Waals surface area contributed by atoms with Gasteiger partial charge in [0.15, 0.2) is 0 Å². The van der Waals surface area contributed by atoms with Crippen molar-refractivity contribution in [3.63, 3.8) is 0 Å². The first kappa shape index (κ1) is 23.3. The highest BCUT2D eigenvalue weighted by Gasteiger charge is 2.61. The third-order valence-corrected chi connectivity index (χ3v) is 8.39. The van der Waals surface area contributed by atoms with Crippen molar-refractivity contribution >= 4 is 15.9 Å². The summed E-state index contributed by atoms with van der Waals surface area (Å²) in [5.41, 5.74) is 0.330. The molecule has 0 spiro atoms. The maximum atomic E-state index is 15.6. The van der Waals surface area contributed by atoms with Gasteiger partial charge < -0.3 is 9.64 Å². The Hall–Kier alpha value is -2.43. The van der Waals surface area contributed by atoms with Crippen LogP contribution in [-0.2, 0) is 26.0 Å². The molecule has 1 saturated carbocycles. The molecule has 2 aliphatic heterocycles. The Morgan fingerprint density at radius 1 is 1.18 bits per heavy atom. The van der Waals surface area contributed by atoms with Crippen LogP contribution < -0.4 is 4.72 Å². The number of halogens is 3. The summed E-state index contributed by atoms with van der Waals surface area (Å²) in [5, 5.41) is 0.